The second-order valence-corrected chi connectivity index (χ2v) is 4.97. The molecule has 112 valence electrons. The van der Waals surface area contributed by atoms with E-state index in [4.69, 9.17) is 21.1 Å². The van der Waals surface area contributed by atoms with Crippen molar-refractivity contribution >= 4 is 11.6 Å². The molecule has 0 bridgehead atoms. The van der Waals surface area contributed by atoms with Crippen LogP contribution in [0.5, 0.6) is 11.5 Å². The highest BCUT2D eigenvalue weighted by Crippen LogP contribution is 2.36. The summed E-state index contributed by atoms with van der Waals surface area (Å²) in [6.07, 6.45) is 0. The molecule has 0 aliphatic heterocycles. The number of halogens is 2. The number of methoxy groups -OCH3 is 1. The molecule has 0 aliphatic carbocycles. The Balaban J connectivity index is 2.19. The minimum absolute atomic E-state index is 0.221. The second kappa shape index (κ2) is 7.29. The first-order chi connectivity index (χ1) is 10.1. The number of ether oxygens (including phenoxy) is 2. The Morgan fingerprint density at radius 2 is 2.00 bits per heavy atom. The molecule has 0 atom stereocenters. The van der Waals surface area contributed by atoms with Crippen molar-refractivity contribution in [3.63, 3.8) is 0 Å². The third-order valence-corrected chi connectivity index (χ3v) is 3.22. The second-order valence-electron chi connectivity index (χ2n) is 4.56. The quantitative estimate of drug-likeness (QED) is 0.880. The van der Waals surface area contributed by atoms with Crippen LogP contribution in [0.1, 0.15) is 11.1 Å². The summed E-state index contributed by atoms with van der Waals surface area (Å²) in [6.45, 7) is 0.902. The van der Waals surface area contributed by atoms with Crippen molar-refractivity contribution in [1.82, 2.24) is 5.32 Å². The first-order valence-electron chi connectivity index (χ1n) is 6.52. The molecule has 0 fully saturated rings. The molecule has 0 unspecified atom stereocenters. The van der Waals surface area contributed by atoms with E-state index in [0.29, 0.717) is 23.1 Å². The van der Waals surface area contributed by atoms with Gasteiger partial charge in [-0.05, 0) is 42.4 Å². The number of nitrogens with one attached hydrogen (secondary N) is 1. The first kappa shape index (κ1) is 15.6. The number of benzene rings is 2. The van der Waals surface area contributed by atoms with E-state index in [1.54, 1.807) is 19.2 Å². The van der Waals surface area contributed by atoms with E-state index in [-0.39, 0.29) is 12.4 Å². The van der Waals surface area contributed by atoms with Crippen molar-refractivity contribution in [3.8, 4) is 11.5 Å². The minimum atomic E-state index is -0.293. The van der Waals surface area contributed by atoms with Crippen LogP contribution in [-0.2, 0) is 13.2 Å². The smallest absolute Gasteiger partial charge is 0.180 e. The van der Waals surface area contributed by atoms with Crippen molar-refractivity contribution in [3.05, 3.63) is 58.4 Å². The van der Waals surface area contributed by atoms with Gasteiger partial charge in [-0.3, -0.25) is 0 Å². The van der Waals surface area contributed by atoms with E-state index in [0.717, 1.165) is 11.1 Å². The van der Waals surface area contributed by atoms with Crippen LogP contribution < -0.4 is 14.8 Å². The summed E-state index contributed by atoms with van der Waals surface area (Å²) in [5, 5.41) is 3.52. The van der Waals surface area contributed by atoms with Crippen molar-refractivity contribution in [1.29, 1.82) is 0 Å². The summed E-state index contributed by atoms with van der Waals surface area (Å²) in [5.74, 6) is 0.728. The van der Waals surface area contributed by atoms with Crippen LogP contribution in [-0.4, -0.2) is 14.2 Å². The van der Waals surface area contributed by atoms with E-state index < -0.39 is 0 Å². The van der Waals surface area contributed by atoms with E-state index in [1.165, 1.54) is 12.1 Å². The van der Waals surface area contributed by atoms with Crippen molar-refractivity contribution < 1.29 is 13.9 Å². The molecule has 0 aliphatic rings. The molecule has 2 rings (SSSR count). The zero-order valence-corrected chi connectivity index (χ0v) is 12.7. The summed E-state index contributed by atoms with van der Waals surface area (Å²) in [6, 6.07) is 9.94. The Labute approximate surface area is 128 Å². The van der Waals surface area contributed by atoms with Gasteiger partial charge in [-0.25, -0.2) is 4.39 Å². The van der Waals surface area contributed by atoms with Gasteiger partial charge in [0.25, 0.3) is 0 Å². The Morgan fingerprint density at radius 3 is 2.67 bits per heavy atom. The van der Waals surface area contributed by atoms with E-state index >= 15 is 0 Å². The molecule has 0 spiro atoms. The molecule has 0 heterocycles. The standard InChI is InChI=1S/C16H17ClFNO2/c1-19-9-12-7-14(17)16(15(8-12)20-2)21-10-11-4-3-5-13(18)6-11/h3-8,19H,9-10H2,1-2H3. The van der Waals surface area contributed by atoms with E-state index in [2.05, 4.69) is 5.32 Å². The molecule has 2 aromatic rings. The molecule has 0 aromatic heterocycles. The Kier molecular flexibility index (Phi) is 5.42. The highest BCUT2D eigenvalue weighted by Gasteiger charge is 2.12. The molecule has 0 saturated carbocycles. The summed E-state index contributed by atoms with van der Waals surface area (Å²) in [4.78, 5) is 0. The monoisotopic (exact) mass is 309 g/mol. The maximum Gasteiger partial charge on any atom is 0.180 e. The summed E-state index contributed by atoms with van der Waals surface area (Å²) < 4.78 is 24.1. The Bertz CT molecular complexity index is 619. The van der Waals surface area contributed by atoms with Crippen LogP contribution >= 0.6 is 11.6 Å². The normalized spacial score (nSPS) is 10.5. The fourth-order valence-corrected chi connectivity index (χ4v) is 2.29. The molecule has 1 N–H and O–H groups in total. The van der Waals surface area contributed by atoms with Gasteiger partial charge >= 0.3 is 0 Å². The number of rotatable bonds is 6. The van der Waals surface area contributed by atoms with Gasteiger partial charge in [0.15, 0.2) is 11.5 Å². The number of hydrogen-bond donors (Lipinski definition) is 1. The zero-order chi connectivity index (χ0) is 15.2. The number of hydrogen-bond acceptors (Lipinski definition) is 3. The highest BCUT2D eigenvalue weighted by molar-refractivity contribution is 6.32. The molecule has 0 saturated heterocycles. The molecule has 5 heteroatoms. The average molecular weight is 310 g/mol. The Morgan fingerprint density at radius 1 is 1.19 bits per heavy atom. The van der Waals surface area contributed by atoms with Gasteiger partial charge in [-0.15, -0.1) is 0 Å². The fraction of sp³-hybridized carbons (Fsp3) is 0.250. The first-order valence-corrected chi connectivity index (χ1v) is 6.90. The molecule has 0 radical (unpaired) electrons. The van der Waals surface area contributed by atoms with Gasteiger partial charge in [0.2, 0.25) is 0 Å². The van der Waals surface area contributed by atoms with Crippen molar-refractivity contribution in [2.45, 2.75) is 13.2 Å². The maximum atomic E-state index is 13.1. The molecule has 21 heavy (non-hydrogen) atoms. The van der Waals surface area contributed by atoms with Crippen molar-refractivity contribution in [2.75, 3.05) is 14.2 Å². The molecule has 2 aromatic carbocycles. The minimum Gasteiger partial charge on any atom is -0.493 e. The lowest BCUT2D eigenvalue weighted by Gasteiger charge is -2.14. The zero-order valence-electron chi connectivity index (χ0n) is 12.0. The predicted octanol–water partition coefficient (Wildman–Crippen LogP) is 3.79. The fourth-order valence-electron chi connectivity index (χ4n) is 2.00. The lowest BCUT2D eigenvalue weighted by molar-refractivity contribution is 0.284. The molecular formula is C16H17ClFNO2. The highest BCUT2D eigenvalue weighted by atomic mass is 35.5. The molecule has 3 nitrogen and oxygen atoms in total. The topological polar surface area (TPSA) is 30.5 Å². The third-order valence-electron chi connectivity index (χ3n) is 2.94. The summed E-state index contributed by atoms with van der Waals surface area (Å²) >= 11 is 6.24. The predicted molar refractivity (Wildman–Crippen MR) is 81.5 cm³/mol. The third kappa shape index (κ3) is 4.09. The van der Waals surface area contributed by atoms with Gasteiger partial charge in [0, 0.05) is 6.54 Å². The van der Waals surface area contributed by atoms with Gasteiger partial charge in [0.1, 0.15) is 12.4 Å². The van der Waals surface area contributed by atoms with Crippen LogP contribution in [0.25, 0.3) is 0 Å². The molecular weight excluding hydrogens is 293 g/mol. The van der Waals surface area contributed by atoms with E-state index in [9.17, 15) is 4.39 Å². The lowest BCUT2D eigenvalue weighted by Crippen LogP contribution is -2.06. The summed E-state index contributed by atoms with van der Waals surface area (Å²) in [5.41, 5.74) is 1.73. The van der Waals surface area contributed by atoms with Crippen molar-refractivity contribution in [2.24, 2.45) is 0 Å². The lowest BCUT2D eigenvalue weighted by atomic mass is 10.2. The maximum absolute atomic E-state index is 13.1. The summed E-state index contributed by atoms with van der Waals surface area (Å²) in [7, 11) is 3.42. The van der Waals surface area contributed by atoms with Crippen LogP contribution in [0.4, 0.5) is 4.39 Å². The van der Waals surface area contributed by atoms with E-state index in [1.807, 2.05) is 19.2 Å². The Hall–Kier alpha value is -1.78. The molecule has 0 amide bonds. The SMILES string of the molecule is CNCc1cc(Cl)c(OCc2cccc(F)c2)c(OC)c1. The van der Waals surface area contributed by atoms with Crippen LogP contribution in [0, 0.1) is 5.82 Å². The largest absolute Gasteiger partial charge is 0.493 e. The van der Waals surface area contributed by atoms with Crippen LogP contribution in [0.3, 0.4) is 0 Å². The van der Waals surface area contributed by atoms with Gasteiger partial charge in [-0.1, -0.05) is 23.7 Å². The van der Waals surface area contributed by atoms with Gasteiger partial charge in [0.05, 0.1) is 12.1 Å². The average Bonchev–Trinajstić information content (AvgIpc) is 2.46. The van der Waals surface area contributed by atoms with Crippen LogP contribution in [0.2, 0.25) is 5.02 Å². The van der Waals surface area contributed by atoms with Crippen LogP contribution in [0.15, 0.2) is 36.4 Å². The van der Waals surface area contributed by atoms with Gasteiger partial charge < -0.3 is 14.8 Å². The van der Waals surface area contributed by atoms with Gasteiger partial charge in [-0.2, -0.15) is 0 Å².